The first-order valence-corrected chi connectivity index (χ1v) is 7.91. The number of rotatable bonds is 7. The van der Waals surface area contributed by atoms with Crippen LogP contribution in [0.5, 0.6) is 5.75 Å². The van der Waals surface area contributed by atoms with Crippen LogP contribution in [0.2, 0.25) is 5.02 Å². The number of nitrogens with two attached hydrogens (primary N) is 1. The molecule has 140 valence electrons. The van der Waals surface area contributed by atoms with Gasteiger partial charge < -0.3 is 20.5 Å². The van der Waals surface area contributed by atoms with Crippen molar-refractivity contribution in [1.29, 1.82) is 5.41 Å². The zero-order chi connectivity index (χ0) is 18.4. The fourth-order valence-electron chi connectivity index (χ4n) is 2.31. The van der Waals surface area contributed by atoms with E-state index < -0.39 is 6.10 Å². The predicted octanol–water partition coefficient (Wildman–Crippen LogP) is 3.06. The summed E-state index contributed by atoms with van der Waals surface area (Å²) in [6, 6.07) is 12.1. The van der Waals surface area contributed by atoms with Gasteiger partial charge in [0.1, 0.15) is 11.6 Å². The van der Waals surface area contributed by atoms with Crippen LogP contribution in [0.1, 0.15) is 22.8 Å². The molecule has 0 fully saturated rings. The first kappa shape index (κ1) is 21.8. The molecule has 0 aliphatic rings. The standard InChI is InChI=1S/C18H20ClN3O3.ClH/c1-24-13-7-8-14(15(19)9-13)16(25-2)18(23)22-10-11-3-5-12(6-4-11)17(20)21;/h3-9,16H,10H2,1-2H3,(H3,20,21)(H,22,23);1H/t16-;/m0./s1. The monoisotopic (exact) mass is 397 g/mol. The first-order chi connectivity index (χ1) is 12.0. The van der Waals surface area contributed by atoms with Gasteiger partial charge in [0.25, 0.3) is 5.91 Å². The van der Waals surface area contributed by atoms with Crippen LogP contribution in [0.15, 0.2) is 42.5 Å². The highest BCUT2D eigenvalue weighted by atomic mass is 35.5. The number of hydrogen-bond donors (Lipinski definition) is 3. The molecule has 6 nitrogen and oxygen atoms in total. The summed E-state index contributed by atoms with van der Waals surface area (Å²) in [6.45, 7) is 0.324. The van der Waals surface area contributed by atoms with Crippen LogP contribution in [0.25, 0.3) is 0 Å². The molecular formula is C18H21Cl2N3O3. The summed E-state index contributed by atoms with van der Waals surface area (Å²) < 4.78 is 10.4. The average molecular weight is 398 g/mol. The van der Waals surface area contributed by atoms with Gasteiger partial charge in [-0.3, -0.25) is 10.2 Å². The lowest BCUT2D eigenvalue weighted by molar-refractivity contribution is -0.131. The van der Waals surface area contributed by atoms with Crippen LogP contribution in [-0.2, 0) is 16.1 Å². The number of halogens is 2. The van der Waals surface area contributed by atoms with E-state index >= 15 is 0 Å². The molecule has 0 heterocycles. The van der Waals surface area contributed by atoms with Gasteiger partial charge in [-0.05, 0) is 17.7 Å². The number of carbonyl (C=O) groups excluding carboxylic acids is 1. The second kappa shape index (κ2) is 10.0. The minimum absolute atomic E-state index is 0. The number of nitrogens with one attached hydrogen (secondary N) is 2. The van der Waals surface area contributed by atoms with Crippen LogP contribution in [0.4, 0.5) is 0 Å². The number of nitrogen functional groups attached to an aromatic ring is 1. The van der Waals surface area contributed by atoms with Crippen molar-refractivity contribution < 1.29 is 14.3 Å². The maximum atomic E-state index is 12.4. The van der Waals surface area contributed by atoms with E-state index in [1.54, 1.807) is 49.6 Å². The largest absolute Gasteiger partial charge is 0.497 e. The Balaban J connectivity index is 0.00000338. The molecular weight excluding hydrogens is 377 g/mol. The van der Waals surface area contributed by atoms with Gasteiger partial charge in [0.2, 0.25) is 0 Å². The zero-order valence-corrected chi connectivity index (χ0v) is 16.0. The van der Waals surface area contributed by atoms with Crippen molar-refractivity contribution >= 4 is 35.8 Å². The van der Waals surface area contributed by atoms with E-state index in [-0.39, 0.29) is 24.1 Å². The molecule has 0 unspecified atom stereocenters. The van der Waals surface area contributed by atoms with Gasteiger partial charge in [-0.25, -0.2) is 0 Å². The third-order valence-corrected chi connectivity index (χ3v) is 4.02. The lowest BCUT2D eigenvalue weighted by atomic mass is 10.1. The summed E-state index contributed by atoms with van der Waals surface area (Å²) in [7, 11) is 3.00. The number of ether oxygens (including phenoxy) is 2. The molecule has 8 heteroatoms. The van der Waals surface area contributed by atoms with Crippen LogP contribution in [0, 0.1) is 5.41 Å². The SMILES string of the molecule is COc1ccc([C@H](OC)C(=O)NCc2ccc(C(=N)N)cc2)c(Cl)c1.Cl. The highest BCUT2D eigenvalue weighted by Crippen LogP contribution is 2.29. The average Bonchev–Trinajstić information content (AvgIpc) is 2.62. The lowest BCUT2D eigenvalue weighted by Gasteiger charge is -2.17. The molecule has 0 saturated carbocycles. The van der Waals surface area contributed by atoms with Gasteiger partial charge >= 0.3 is 0 Å². The Bertz CT molecular complexity index is 767. The fourth-order valence-corrected chi connectivity index (χ4v) is 2.58. The van der Waals surface area contributed by atoms with Crippen molar-refractivity contribution in [3.63, 3.8) is 0 Å². The fraction of sp³-hybridized carbons (Fsp3) is 0.222. The van der Waals surface area contributed by atoms with Gasteiger partial charge in [0.15, 0.2) is 6.10 Å². The molecule has 0 spiro atoms. The molecule has 0 aliphatic heterocycles. The number of carbonyl (C=O) groups is 1. The van der Waals surface area contributed by atoms with E-state index in [2.05, 4.69) is 5.32 Å². The number of methoxy groups -OCH3 is 2. The molecule has 0 aromatic heterocycles. The Morgan fingerprint density at radius 1 is 1.23 bits per heavy atom. The van der Waals surface area contributed by atoms with E-state index in [4.69, 9.17) is 32.2 Å². The Labute approximate surface area is 163 Å². The van der Waals surface area contributed by atoms with E-state index in [9.17, 15) is 4.79 Å². The molecule has 2 aromatic carbocycles. The van der Waals surface area contributed by atoms with Gasteiger partial charge in [-0.15, -0.1) is 12.4 Å². The molecule has 1 amide bonds. The summed E-state index contributed by atoms with van der Waals surface area (Å²) in [5.41, 5.74) is 7.50. The third kappa shape index (κ3) is 5.36. The number of amides is 1. The van der Waals surface area contributed by atoms with E-state index in [1.807, 2.05) is 0 Å². The van der Waals surface area contributed by atoms with Crippen molar-refractivity contribution in [1.82, 2.24) is 5.32 Å². The van der Waals surface area contributed by atoms with Gasteiger partial charge in [0, 0.05) is 24.8 Å². The topological polar surface area (TPSA) is 97.4 Å². The molecule has 0 aliphatic carbocycles. The third-order valence-electron chi connectivity index (χ3n) is 3.70. The minimum Gasteiger partial charge on any atom is -0.497 e. The molecule has 2 rings (SSSR count). The summed E-state index contributed by atoms with van der Waals surface area (Å²) in [4.78, 5) is 12.4. The van der Waals surface area contributed by atoms with E-state index in [0.29, 0.717) is 28.4 Å². The molecule has 0 bridgehead atoms. The van der Waals surface area contributed by atoms with Gasteiger partial charge in [-0.2, -0.15) is 0 Å². The molecule has 1 atom stereocenters. The highest BCUT2D eigenvalue weighted by Gasteiger charge is 2.22. The van der Waals surface area contributed by atoms with Crippen molar-refractivity contribution in [2.24, 2.45) is 5.73 Å². The smallest absolute Gasteiger partial charge is 0.254 e. The predicted molar refractivity (Wildman–Crippen MR) is 104 cm³/mol. The van der Waals surface area contributed by atoms with Gasteiger partial charge in [-0.1, -0.05) is 41.9 Å². The molecule has 0 saturated heterocycles. The molecule has 0 radical (unpaired) electrons. The summed E-state index contributed by atoms with van der Waals surface area (Å²) in [5, 5.41) is 10.6. The second-order valence-electron chi connectivity index (χ2n) is 5.33. The Hall–Kier alpha value is -2.28. The Morgan fingerprint density at radius 3 is 2.38 bits per heavy atom. The minimum atomic E-state index is -0.824. The quantitative estimate of drug-likeness (QED) is 0.493. The number of amidine groups is 1. The van der Waals surface area contributed by atoms with Gasteiger partial charge in [0.05, 0.1) is 12.1 Å². The molecule has 4 N–H and O–H groups in total. The molecule has 2 aromatic rings. The Kier molecular flexibility index (Phi) is 8.38. The Morgan fingerprint density at radius 2 is 1.88 bits per heavy atom. The molecule has 26 heavy (non-hydrogen) atoms. The highest BCUT2D eigenvalue weighted by molar-refractivity contribution is 6.31. The van der Waals surface area contributed by atoms with Crippen molar-refractivity contribution in [2.75, 3.05) is 14.2 Å². The van der Waals surface area contributed by atoms with Crippen LogP contribution >= 0.6 is 24.0 Å². The van der Waals surface area contributed by atoms with Crippen LogP contribution in [-0.4, -0.2) is 26.0 Å². The van der Waals surface area contributed by atoms with E-state index in [1.165, 1.54) is 7.11 Å². The zero-order valence-electron chi connectivity index (χ0n) is 14.4. The van der Waals surface area contributed by atoms with Crippen LogP contribution in [0.3, 0.4) is 0 Å². The maximum absolute atomic E-state index is 12.4. The summed E-state index contributed by atoms with van der Waals surface area (Å²) in [5.74, 6) is 0.309. The van der Waals surface area contributed by atoms with Crippen molar-refractivity contribution in [3.8, 4) is 5.75 Å². The second-order valence-corrected chi connectivity index (χ2v) is 5.74. The van der Waals surface area contributed by atoms with Crippen molar-refractivity contribution in [3.05, 3.63) is 64.2 Å². The summed E-state index contributed by atoms with van der Waals surface area (Å²) >= 11 is 6.22. The van der Waals surface area contributed by atoms with Crippen molar-refractivity contribution in [2.45, 2.75) is 12.6 Å². The normalized spacial score (nSPS) is 11.2. The number of benzene rings is 2. The van der Waals surface area contributed by atoms with E-state index in [0.717, 1.165) is 5.56 Å². The van der Waals surface area contributed by atoms with Crippen LogP contribution < -0.4 is 15.8 Å². The first-order valence-electron chi connectivity index (χ1n) is 7.53. The summed E-state index contributed by atoms with van der Waals surface area (Å²) in [6.07, 6.45) is -0.824. The lowest BCUT2D eigenvalue weighted by Crippen LogP contribution is -2.30. The maximum Gasteiger partial charge on any atom is 0.254 e. The number of hydrogen-bond acceptors (Lipinski definition) is 4.